The summed E-state index contributed by atoms with van der Waals surface area (Å²) in [5, 5.41) is 2.84. The number of amides is 2. The molecule has 0 bridgehead atoms. The second kappa shape index (κ2) is 5.51. The minimum Gasteiger partial charge on any atom is -0.340 e. The van der Waals surface area contributed by atoms with Gasteiger partial charge in [0.1, 0.15) is 11.6 Å². The van der Waals surface area contributed by atoms with Gasteiger partial charge in [0, 0.05) is 0 Å². The van der Waals surface area contributed by atoms with Crippen molar-refractivity contribution >= 4 is 11.8 Å². The molecule has 21 heavy (non-hydrogen) atoms. The van der Waals surface area contributed by atoms with Crippen LogP contribution in [0.25, 0.3) is 0 Å². The monoisotopic (exact) mass is 288 g/mol. The molecule has 1 fully saturated rings. The summed E-state index contributed by atoms with van der Waals surface area (Å²) < 4.78 is 0. The molecule has 1 saturated heterocycles. The first-order chi connectivity index (χ1) is 9.75. The van der Waals surface area contributed by atoms with Crippen molar-refractivity contribution in [1.82, 2.24) is 10.2 Å². The Labute approximate surface area is 126 Å². The van der Waals surface area contributed by atoms with Gasteiger partial charge in [-0.2, -0.15) is 0 Å². The van der Waals surface area contributed by atoms with E-state index in [0.29, 0.717) is 0 Å². The predicted octanol–water partition coefficient (Wildman–Crippen LogP) is 2.51. The molecule has 1 N–H and O–H groups in total. The first-order valence-electron chi connectivity index (χ1n) is 7.45. The molecule has 0 spiro atoms. The molecule has 2 atom stereocenters. The van der Waals surface area contributed by atoms with Crippen LogP contribution in [0.2, 0.25) is 0 Å². The van der Waals surface area contributed by atoms with E-state index in [1.54, 1.807) is 18.7 Å². The molecule has 2 unspecified atom stereocenters. The van der Waals surface area contributed by atoms with Crippen LogP contribution in [0.4, 0.5) is 0 Å². The number of piperazine rings is 1. The molecule has 2 rings (SSSR count). The summed E-state index contributed by atoms with van der Waals surface area (Å²) in [6.07, 6.45) is 0. The van der Waals surface area contributed by atoms with E-state index in [1.807, 2.05) is 51.1 Å². The third-order valence-corrected chi connectivity index (χ3v) is 4.10. The first kappa shape index (κ1) is 15.5. The molecule has 2 amide bonds. The highest BCUT2D eigenvalue weighted by atomic mass is 16.2. The van der Waals surface area contributed by atoms with Gasteiger partial charge in [0.25, 0.3) is 0 Å². The van der Waals surface area contributed by atoms with Gasteiger partial charge in [-0.1, -0.05) is 44.2 Å². The quantitative estimate of drug-likeness (QED) is 0.929. The average Bonchev–Trinajstić information content (AvgIpc) is 2.41. The minimum absolute atomic E-state index is 0.0304. The first-order valence-corrected chi connectivity index (χ1v) is 7.45. The molecular weight excluding hydrogens is 264 g/mol. The van der Waals surface area contributed by atoms with E-state index in [9.17, 15) is 9.59 Å². The maximum atomic E-state index is 12.8. The van der Waals surface area contributed by atoms with E-state index in [-0.39, 0.29) is 23.8 Å². The molecule has 4 heteroatoms. The van der Waals surface area contributed by atoms with Crippen LogP contribution < -0.4 is 5.32 Å². The lowest BCUT2D eigenvalue weighted by atomic mass is 9.89. The summed E-state index contributed by atoms with van der Waals surface area (Å²) in [7, 11) is 0. The fraction of sp³-hybridized carbons (Fsp3) is 0.529. The fourth-order valence-electron chi connectivity index (χ4n) is 2.94. The lowest BCUT2D eigenvalue weighted by molar-refractivity contribution is -0.158. The van der Waals surface area contributed by atoms with Gasteiger partial charge in [-0.3, -0.25) is 9.59 Å². The average molecular weight is 288 g/mol. The molecule has 0 radical (unpaired) electrons. The van der Waals surface area contributed by atoms with Gasteiger partial charge in [-0.15, -0.1) is 0 Å². The van der Waals surface area contributed by atoms with E-state index < -0.39 is 11.6 Å². The van der Waals surface area contributed by atoms with Crippen molar-refractivity contribution in [2.45, 2.75) is 52.2 Å². The van der Waals surface area contributed by atoms with Gasteiger partial charge in [-0.25, -0.2) is 0 Å². The van der Waals surface area contributed by atoms with E-state index in [2.05, 4.69) is 5.32 Å². The zero-order valence-corrected chi connectivity index (χ0v) is 13.4. The van der Waals surface area contributed by atoms with Crippen LogP contribution in [0, 0.1) is 5.92 Å². The van der Waals surface area contributed by atoms with E-state index >= 15 is 0 Å². The fourth-order valence-corrected chi connectivity index (χ4v) is 2.94. The summed E-state index contributed by atoms with van der Waals surface area (Å²) in [5.74, 6) is -0.0363. The topological polar surface area (TPSA) is 49.4 Å². The van der Waals surface area contributed by atoms with Crippen LogP contribution in [0.1, 0.15) is 46.2 Å². The number of carbonyl (C=O) groups is 2. The molecule has 1 aliphatic heterocycles. The normalized spacial score (nSPS) is 23.1. The van der Waals surface area contributed by atoms with Crippen molar-refractivity contribution in [2.75, 3.05) is 0 Å². The smallest absolute Gasteiger partial charge is 0.248 e. The van der Waals surface area contributed by atoms with Crippen LogP contribution in [-0.2, 0) is 9.59 Å². The van der Waals surface area contributed by atoms with Gasteiger partial charge in [0.05, 0.1) is 6.04 Å². The standard InChI is InChI=1S/C17H24N2O2/c1-11(2)14-15(20)18-17(4,5)16(21)19(14)12(3)13-9-7-6-8-10-13/h6-12,14H,1-5H3,(H,18,20). The van der Waals surface area contributed by atoms with Gasteiger partial charge in [-0.05, 0) is 32.3 Å². The van der Waals surface area contributed by atoms with Gasteiger partial charge < -0.3 is 10.2 Å². The van der Waals surface area contributed by atoms with Gasteiger partial charge in [0.2, 0.25) is 11.8 Å². The summed E-state index contributed by atoms with van der Waals surface area (Å²) in [6.45, 7) is 9.45. The summed E-state index contributed by atoms with van der Waals surface area (Å²) in [5.41, 5.74) is 0.188. The molecule has 1 aromatic rings. The Hall–Kier alpha value is -1.84. The highest BCUT2D eigenvalue weighted by molar-refractivity contribution is 5.99. The Bertz CT molecular complexity index is 537. The molecular formula is C17H24N2O2. The zero-order chi connectivity index (χ0) is 15.8. The Balaban J connectivity index is 2.44. The van der Waals surface area contributed by atoms with Crippen molar-refractivity contribution in [3.05, 3.63) is 35.9 Å². The number of rotatable bonds is 3. The van der Waals surface area contributed by atoms with Crippen molar-refractivity contribution in [3.8, 4) is 0 Å². The molecule has 1 aliphatic rings. The number of nitrogens with zero attached hydrogens (tertiary/aromatic N) is 1. The van der Waals surface area contributed by atoms with Crippen molar-refractivity contribution < 1.29 is 9.59 Å². The van der Waals surface area contributed by atoms with E-state index in [0.717, 1.165) is 5.56 Å². The highest BCUT2D eigenvalue weighted by Crippen LogP contribution is 2.31. The number of hydrogen-bond donors (Lipinski definition) is 1. The third kappa shape index (κ3) is 2.80. The molecule has 0 aromatic heterocycles. The maximum absolute atomic E-state index is 12.8. The molecule has 1 aromatic carbocycles. The van der Waals surface area contributed by atoms with Crippen LogP contribution >= 0.6 is 0 Å². The van der Waals surface area contributed by atoms with Crippen molar-refractivity contribution in [3.63, 3.8) is 0 Å². The summed E-state index contributed by atoms with van der Waals surface area (Å²) in [4.78, 5) is 27.0. The number of benzene rings is 1. The van der Waals surface area contributed by atoms with Crippen molar-refractivity contribution in [1.29, 1.82) is 0 Å². The van der Waals surface area contributed by atoms with Crippen LogP contribution in [-0.4, -0.2) is 28.3 Å². The summed E-state index contributed by atoms with van der Waals surface area (Å²) >= 11 is 0. The lowest BCUT2D eigenvalue weighted by Gasteiger charge is -2.47. The van der Waals surface area contributed by atoms with Gasteiger partial charge >= 0.3 is 0 Å². The van der Waals surface area contributed by atoms with Crippen LogP contribution in [0.3, 0.4) is 0 Å². The van der Waals surface area contributed by atoms with Crippen LogP contribution in [0.5, 0.6) is 0 Å². The minimum atomic E-state index is -0.856. The number of nitrogens with one attached hydrogen (secondary N) is 1. The Morgan fingerprint density at radius 3 is 2.19 bits per heavy atom. The van der Waals surface area contributed by atoms with Crippen molar-refractivity contribution in [2.24, 2.45) is 5.92 Å². The van der Waals surface area contributed by atoms with E-state index in [1.165, 1.54) is 0 Å². The molecule has 0 aliphatic carbocycles. The molecule has 0 saturated carbocycles. The Kier molecular flexibility index (Phi) is 4.08. The third-order valence-electron chi connectivity index (χ3n) is 4.10. The second-order valence-electron chi connectivity index (χ2n) is 6.60. The predicted molar refractivity (Wildman–Crippen MR) is 82.6 cm³/mol. The second-order valence-corrected chi connectivity index (χ2v) is 6.60. The molecule has 4 nitrogen and oxygen atoms in total. The number of carbonyl (C=O) groups excluding carboxylic acids is 2. The molecule has 114 valence electrons. The number of hydrogen-bond acceptors (Lipinski definition) is 2. The van der Waals surface area contributed by atoms with Gasteiger partial charge in [0.15, 0.2) is 0 Å². The SMILES string of the molecule is CC(C)C1C(=O)NC(C)(C)C(=O)N1C(C)c1ccccc1. The largest absolute Gasteiger partial charge is 0.340 e. The Morgan fingerprint density at radius 1 is 1.10 bits per heavy atom. The Morgan fingerprint density at radius 2 is 1.67 bits per heavy atom. The zero-order valence-electron chi connectivity index (χ0n) is 13.4. The highest BCUT2D eigenvalue weighted by Gasteiger charge is 2.48. The molecule has 1 heterocycles. The lowest BCUT2D eigenvalue weighted by Crippen LogP contribution is -2.69. The maximum Gasteiger partial charge on any atom is 0.248 e. The van der Waals surface area contributed by atoms with Crippen LogP contribution in [0.15, 0.2) is 30.3 Å². The van der Waals surface area contributed by atoms with E-state index in [4.69, 9.17) is 0 Å². The summed E-state index contributed by atoms with van der Waals surface area (Å²) in [6, 6.07) is 9.29.